The number of oxime groups is 1. The number of benzene rings is 1. The number of hydrogen-bond acceptors (Lipinski definition) is 6. The van der Waals surface area contributed by atoms with Crippen LogP contribution in [0.3, 0.4) is 0 Å². The number of fused-ring (bicyclic) bond motifs is 1. The minimum atomic E-state index is -0.721. The van der Waals surface area contributed by atoms with Gasteiger partial charge in [0.15, 0.2) is 6.61 Å². The van der Waals surface area contributed by atoms with E-state index in [4.69, 9.17) is 16.0 Å². The monoisotopic (exact) mass is 449 g/mol. The Hall–Kier alpha value is -2.24. The van der Waals surface area contributed by atoms with Gasteiger partial charge in [0, 0.05) is 16.1 Å². The lowest BCUT2D eigenvalue weighted by atomic mass is 10.1. The fraction of sp³-hybridized carbons (Fsp3) is 0.316. The SMILES string of the molecule is C#CCON=CC(C)(C)NC(=O)C(Oc1ccc2ncc(Br)cc2c1)SC. The average Bonchev–Trinajstić information content (AvgIpc) is 2.62. The largest absolute Gasteiger partial charge is 0.470 e. The van der Waals surface area contributed by atoms with Gasteiger partial charge >= 0.3 is 0 Å². The van der Waals surface area contributed by atoms with Gasteiger partial charge in [-0.15, -0.1) is 18.2 Å². The number of aromatic nitrogens is 1. The quantitative estimate of drug-likeness (QED) is 0.219. The van der Waals surface area contributed by atoms with E-state index in [1.165, 1.54) is 18.0 Å². The highest BCUT2D eigenvalue weighted by Crippen LogP contribution is 2.24. The van der Waals surface area contributed by atoms with Crippen molar-refractivity contribution < 1.29 is 14.4 Å². The van der Waals surface area contributed by atoms with Crippen molar-refractivity contribution in [2.75, 3.05) is 12.9 Å². The molecule has 0 spiro atoms. The van der Waals surface area contributed by atoms with Crippen molar-refractivity contribution in [1.29, 1.82) is 0 Å². The molecule has 0 fully saturated rings. The molecule has 0 saturated carbocycles. The van der Waals surface area contributed by atoms with Crippen molar-refractivity contribution >= 4 is 50.7 Å². The van der Waals surface area contributed by atoms with Crippen molar-refractivity contribution in [2.24, 2.45) is 5.16 Å². The highest BCUT2D eigenvalue weighted by Gasteiger charge is 2.26. The molecule has 1 aromatic heterocycles. The molecule has 1 aromatic carbocycles. The standard InChI is InChI=1S/C19H20BrN3O3S/c1-5-8-25-22-12-19(2,3)23-17(24)18(27-4)26-15-6-7-16-13(10-15)9-14(20)11-21-16/h1,6-7,9-12,18H,8H2,2-4H3,(H,23,24). The van der Waals surface area contributed by atoms with E-state index in [1.807, 2.05) is 18.2 Å². The number of nitrogens with one attached hydrogen (secondary N) is 1. The van der Waals surface area contributed by atoms with Crippen molar-refractivity contribution in [3.63, 3.8) is 0 Å². The van der Waals surface area contributed by atoms with Gasteiger partial charge in [-0.25, -0.2) is 0 Å². The fourth-order valence-corrected chi connectivity index (χ4v) is 2.97. The first kappa shape index (κ1) is 21.1. The zero-order valence-corrected chi connectivity index (χ0v) is 17.6. The Morgan fingerprint density at radius 1 is 1.52 bits per heavy atom. The number of halogens is 1. The molecule has 1 amide bonds. The van der Waals surface area contributed by atoms with Gasteiger partial charge < -0.3 is 14.9 Å². The van der Waals surface area contributed by atoms with Crippen molar-refractivity contribution in [2.45, 2.75) is 24.8 Å². The van der Waals surface area contributed by atoms with Gasteiger partial charge in [-0.3, -0.25) is 9.78 Å². The second kappa shape index (κ2) is 9.62. The summed E-state index contributed by atoms with van der Waals surface area (Å²) in [5.41, 5.74) is -0.594. The molecule has 27 heavy (non-hydrogen) atoms. The van der Waals surface area contributed by atoms with Crippen LogP contribution in [-0.2, 0) is 9.63 Å². The lowest BCUT2D eigenvalue weighted by Gasteiger charge is -2.24. The van der Waals surface area contributed by atoms with E-state index in [-0.39, 0.29) is 12.5 Å². The molecular formula is C19H20BrN3O3S. The Kier molecular flexibility index (Phi) is 7.51. The van der Waals surface area contributed by atoms with Gasteiger partial charge in [-0.05, 0) is 60.3 Å². The van der Waals surface area contributed by atoms with Gasteiger partial charge in [-0.2, -0.15) is 0 Å². The molecule has 2 aromatic rings. The number of hydrogen-bond donors (Lipinski definition) is 1. The number of terminal acetylenes is 1. The number of thioether (sulfide) groups is 1. The minimum absolute atomic E-state index is 0.0734. The van der Waals surface area contributed by atoms with Crippen LogP contribution < -0.4 is 10.1 Å². The third-order valence-electron chi connectivity index (χ3n) is 3.33. The third-order valence-corrected chi connectivity index (χ3v) is 4.51. The maximum Gasteiger partial charge on any atom is 0.272 e. The molecule has 142 valence electrons. The molecule has 0 bridgehead atoms. The summed E-state index contributed by atoms with van der Waals surface area (Å²) in [6.07, 6.45) is 10.1. The first-order valence-corrected chi connectivity index (χ1v) is 10.1. The van der Waals surface area contributed by atoms with Crippen molar-refractivity contribution in [3.8, 4) is 18.1 Å². The summed E-state index contributed by atoms with van der Waals surface area (Å²) in [7, 11) is 0. The normalized spacial score (nSPS) is 12.6. The van der Waals surface area contributed by atoms with Gasteiger partial charge in [0.25, 0.3) is 5.91 Å². The van der Waals surface area contributed by atoms with E-state index >= 15 is 0 Å². The van der Waals surface area contributed by atoms with Crippen molar-refractivity contribution in [3.05, 3.63) is 34.9 Å². The third kappa shape index (κ3) is 6.45. The lowest BCUT2D eigenvalue weighted by Crippen LogP contribution is -2.49. The number of nitrogens with zero attached hydrogens (tertiary/aromatic N) is 2. The van der Waals surface area contributed by atoms with Gasteiger partial charge in [0.1, 0.15) is 5.75 Å². The Balaban J connectivity index is 2.06. The highest BCUT2D eigenvalue weighted by molar-refractivity contribution is 9.10. The lowest BCUT2D eigenvalue weighted by molar-refractivity contribution is -0.125. The van der Waals surface area contributed by atoms with E-state index in [0.29, 0.717) is 5.75 Å². The summed E-state index contributed by atoms with van der Waals surface area (Å²) < 4.78 is 6.74. The molecule has 1 atom stereocenters. The summed E-state index contributed by atoms with van der Waals surface area (Å²) in [5.74, 6) is 2.62. The summed E-state index contributed by atoms with van der Waals surface area (Å²) in [6.45, 7) is 3.67. The van der Waals surface area contributed by atoms with E-state index in [2.05, 4.69) is 37.3 Å². The zero-order valence-electron chi connectivity index (χ0n) is 15.2. The molecule has 0 aliphatic heterocycles. The topological polar surface area (TPSA) is 72.8 Å². The van der Waals surface area contributed by atoms with Crippen LogP contribution in [0.5, 0.6) is 5.75 Å². The van der Waals surface area contributed by atoms with E-state index in [9.17, 15) is 4.79 Å². The van der Waals surface area contributed by atoms with E-state index in [1.54, 1.807) is 32.4 Å². The van der Waals surface area contributed by atoms with Gasteiger partial charge in [-0.1, -0.05) is 11.1 Å². The molecule has 0 saturated heterocycles. The van der Waals surface area contributed by atoms with Gasteiger partial charge in [0.05, 0.1) is 17.3 Å². The average molecular weight is 450 g/mol. The molecule has 0 aliphatic carbocycles. The Morgan fingerprint density at radius 2 is 2.30 bits per heavy atom. The summed E-state index contributed by atoms with van der Waals surface area (Å²) in [5, 5.41) is 7.54. The van der Waals surface area contributed by atoms with Crippen LogP contribution >= 0.6 is 27.7 Å². The smallest absolute Gasteiger partial charge is 0.272 e. The predicted molar refractivity (Wildman–Crippen MR) is 113 cm³/mol. The predicted octanol–water partition coefficient (Wildman–Crippen LogP) is 3.60. The summed E-state index contributed by atoms with van der Waals surface area (Å²) in [4.78, 5) is 21.8. The minimum Gasteiger partial charge on any atom is -0.470 e. The Morgan fingerprint density at radius 3 is 3.00 bits per heavy atom. The Labute approximate surface area is 171 Å². The molecule has 6 nitrogen and oxygen atoms in total. The van der Waals surface area contributed by atoms with Crippen LogP contribution in [-0.4, -0.2) is 40.9 Å². The molecule has 1 unspecified atom stereocenters. The van der Waals surface area contributed by atoms with Crippen LogP contribution in [0.2, 0.25) is 0 Å². The number of carbonyl (C=O) groups is 1. The van der Waals surface area contributed by atoms with Crippen LogP contribution in [0, 0.1) is 12.3 Å². The van der Waals surface area contributed by atoms with Crippen LogP contribution in [0.4, 0.5) is 0 Å². The molecule has 8 heteroatoms. The maximum absolute atomic E-state index is 12.6. The fourth-order valence-electron chi connectivity index (χ4n) is 2.14. The highest BCUT2D eigenvalue weighted by atomic mass is 79.9. The molecule has 1 N–H and O–H groups in total. The second-order valence-electron chi connectivity index (χ2n) is 6.12. The Bertz CT molecular complexity index is 880. The van der Waals surface area contributed by atoms with E-state index in [0.717, 1.165) is 15.4 Å². The van der Waals surface area contributed by atoms with Crippen LogP contribution in [0.1, 0.15) is 13.8 Å². The number of pyridine rings is 1. The molecule has 0 radical (unpaired) electrons. The number of ether oxygens (including phenoxy) is 1. The van der Waals surface area contributed by atoms with Crippen molar-refractivity contribution in [1.82, 2.24) is 10.3 Å². The van der Waals surface area contributed by atoms with Crippen LogP contribution in [0.25, 0.3) is 10.9 Å². The number of carbonyl (C=O) groups excluding carboxylic acids is 1. The molecular weight excluding hydrogens is 430 g/mol. The second-order valence-corrected chi connectivity index (χ2v) is 7.93. The molecule has 0 aliphatic rings. The maximum atomic E-state index is 12.6. The molecule has 1 heterocycles. The number of rotatable bonds is 8. The van der Waals surface area contributed by atoms with Gasteiger partial charge in [0.2, 0.25) is 5.44 Å². The van der Waals surface area contributed by atoms with E-state index < -0.39 is 11.0 Å². The summed E-state index contributed by atoms with van der Waals surface area (Å²) >= 11 is 4.70. The van der Waals surface area contributed by atoms with Crippen LogP contribution in [0.15, 0.2) is 40.1 Å². The molecule has 2 rings (SSSR count). The zero-order chi connectivity index (χ0) is 19.9. The first-order chi connectivity index (χ1) is 12.8. The first-order valence-electron chi connectivity index (χ1n) is 8.01. The summed E-state index contributed by atoms with van der Waals surface area (Å²) in [6, 6.07) is 7.44. The number of amides is 1.